The van der Waals surface area contributed by atoms with Gasteiger partial charge >= 0.3 is 0 Å². The number of nitrogen functional groups attached to an aromatic ring is 1. The van der Waals surface area contributed by atoms with Crippen molar-refractivity contribution in [2.24, 2.45) is 5.41 Å². The molecule has 0 amide bonds. The zero-order valence-electron chi connectivity index (χ0n) is 12.5. The van der Waals surface area contributed by atoms with Gasteiger partial charge in [0.15, 0.2) is 11.6 Å². The lowest BCUT2D eigenvalue weighted by atomic mass is 9.73. The van der Waals surface area contributed by atoms with E-state index in [-0.39, 0.29) is 5.75 Å². The molecule has 1 heterocycles. The molecule has 1 aromatic carbocycles. The van der Waals surface area contributed by atoms with Gasteiger partial charge in [0.05, 0.1) is 11.3 Å². The molecular weight excluding hydrogens is 266 g/mol. The van der Waals surface area contributed by atoms with Crippen LogP contribution >= 0.6 is 0 Å². The highest BCUT2D eigenvalue weighted by molar-refractivity contribution is 5.71. The monoisotopic (exact) mass is 287 g/mol. The van der Waals surface area contributed by atoms with Crippen LogP contribution in [0, 0.1) is 5.41 Å². The highest BCUT2D eigenvalue weighted by Crippen LogP contribution is 2.42. The number of rotatable bonds is 2. The second kappa shape index (κ2) is 5.06. The lowest BCUT2D eigenvalue weighted by Crippen LogP contribution is -2.20. The van der Waals surface area contributed by atoms with Gasteiger partial charge in [0.25, 0.3) is 5.89 Å². The Bertz CT molecular complexity index is 639. The van der Waals surface area contributed by atoms with Gasteiger partial charge in [0.1, 0.15) is 0 Å². The fourth-order valence-corrected chi connectivity index (χ4v) is 2.90. The maximum Gasteiger partial charge on any atom is 0.261 e. The molecule has 3 rings (SSSR count). The summed E-state index contributed by atoms with van der Waals surface area (Å²) in [5.41, 5.74) is 6.91. The van der Waals surface area contributed by atoms with Crippen LogP contribution in [0.5, 0.6) is 5.75 Å². The van der Waals surface area contributed by atoms with Crippen molar-refractivity contribution in [3.8, 4) is 17.2 Å². The summed E-state index contributed by atoms with van der Waals surface area (Å²) in [7, 11) is 0. The third kappa shape index (κ3) is 2.73. The van der Waals surface area contributed by atoms with E-state index in [0.717, 1.165) is 18.7 Å². The average Bonchev–Trinajstić information content (AvgIpc) is 2.91. The number of nitrogens with zero attached hydrogens (tertiary/aromatic N) is 2. The molecule has 0 unspecified atom stereocenters. The quantitative estimate of drug-likeness (QED) is 0.649. The molecular formula is C16H21N3O2. The van der Waals surface area contributed by atoms with Crippen LogP contribution in [0.4, 0.5) is 5.69 Å². The fourth-order valence-electron chi connectivity index (χ4n) is 2.90. The molecule has 0 aliphatic heterocycles. The summed E-state index contributed by atoms with van der Waals surface area (Å²) in [4.78, 5) is 4.46. The molecule has 3 N–H and O–H groups in total. The fraction of sp³-hybridized carbons (Fsp3) is 0.500. The summed E-state index contributed by atoms with van der Waals surface area (Å²) in [6, 6.07) is 5.13. The van der Waals surface area contributed by atoms with Gasteiger partial charge in [-0.25, -0.2) is 0 Å². The highest BCUT2D eigenvalue weighted by Gasteiger charge is 2.30. The van der Waals surface area contributed by atoms with Crippen LogP contribution < -0.4 is 5.73 Å². The molecule has 1 aromatic heterocycles. The van der Waals surface area contributed by atoms with Gasteiger partial charge in [-0.05, 0) is 43.2 Å². The number of aromatic nitrogens is 2. The van der Waals surface area contributed by atoms with E-state index in [4.69, 9.17) is 10.3 Å². The van der Waals surface area contributed by atoms with E-state index in [1.54, 1.807) is 18.2 Å². The van der Waals surface area contributed by atoms with E-state index in [1.807, 2.05) is 0 Å². The van der Waals surface area contributed by atoms with Gasteiger partial charge in [0.2, 0.25) is 0 Å². The Morgan fingerprint density at radius 1 is 1.29 bits per heavy atom. The molecule has 0 saturated heterocycles. The molecule has 21 heavy (non-hydrogen) atoms. The minimum Gasteiger partial charge on any atom is -0.505 e. The number of phenolic OH excluding ortho intramolecular Hbond substituents is 1. The molecule has 0 spiro atoms. The van der Waals surface area contributed by atoms with E-state index < -0.39 is 0 Å². The van der Waals surface area contributed by atoms with Crippen molar-refractivity contribution in [1.29, 1.82) is 0 Å². The van der Waals surface area contributed by atoms with Gasteiger partial charge in [-0.2, -0.15) is 4.98 Å². The Balaban J connectivity index is 1.82. The zero-order valence-corrected chi connectivity index (χ0v) is 12.5. The van der Waals surface area contributed by atoms with Crippen LogP contribution in [-0.4, -0.2) is 15.2 Å². The standard InChI is InChI=1S/C16H21N3O2/c1-16(2)8-6-10(7-9-16)14-18-15(21-19-14)11-4-3-5-12(17)13(11)20/h3-5,10,20H,6-9,17H2,1-2H3. The van der Waals surface area contributed by atoms with Crippen molar-refractivity contribution in [2.45, 2.75) is 45.4 Å². The molecule has 1 aliphatic carbocycles. The van der Waals surface area contributed by atoms with Crippen molar-refractivity contribution in [3.05, 3.63) is 24.0 Å². The van der Waals surface area contributed by atoms with Crippen LogP contribution in [0.15, 0.2) is 22.7 Å². The van der Waals surface area contributed by atoms with E-state index in [9.17, 15) is 5.11 Å². The van der Waals surface area contributed by atoms with Crippen LogP contribution in [0.2, 0.25) is 0 Å². The molecule has 0 atom stereocenters. The highest BCUT2D eigenvalue weighted by atomic mass is 16.5. The average molecular weight is 287 g/mol. The smallest absolute Gasteiger partial charge is 0.261 e. The first-order valence-electron chi connectivity index (χ1n) is 7.38. The van der Waals surface area contributed by atoms with Crippen molar-refractivity contribution in [2.75, 3.05) is 5.73 Å². The van der Waals surface area contributed by atoms with Crippen LogP contribution in [-0.2, 0) is 0 Å². The number of nitrogens with two attached hydrogens (primary N) is 1. The van der Waals surface area contributed by atoms with Crippen LogP contribution in [0.3, 0.4) is 0 Å². The molecule has 112 valence electrons. The summed E-state index contributed by atoms with van der Waals surface area (Å²) >= 11 is 0. The number of hydrogen-bond donors (Lipinski definition) is 2. The van der Waals surface area contributed by atoms with E-state index in [0.29, 0.717) is 28.5 Å². The predicted molar refractivity (Wildman–Crippen MR) is 80.8 cm³/mol. The number of benzene rings is 1. The maximum absolute atomic E-state index is 9.99. The summed E-state index contributed by atoms with van der Waals surface area (Å²) in [5.74, 6) is 1.41. The van der Waals surface area contributed by atoms with Gasteiger partial charge < -0.3 is 15.4 Å². The van der Waals surface area contributed by atoms with Crippen molar-refractivity contribution in [1.82, 2.24) is 10.1 Å². The Morgan fingerprint density at radius 2 is 2.00 bits per heavy atom. The number of hydrogen-bond acceptors (Lipinski definition) is 5. The van der Waals surface area contributed by atoms with Crippen molar-refractivity contribution >= 4 is 5.69 Å². The summed E-state index contributed by atoms with van der Waals surface area (Å²) in [6.07, 6.45) is 4.50. The maximum atomic E-state index is 9.99. The lowest BCUT2D eigenvalue weighted by molar-refractivity contribution is 0.218. The Labute approximate surface area is 124 Å². The Hall–Kier alpha value is -2.04. The molecule has 5 heteroatoms. The topological polar surface area (TPSA) is 85.2 Å². The molecule has 2 aromatic rings. The predicted octanol–water partition coefficient (Wildman–Crippen LogP) is 3.71. The van der Waals surface area contributed by atoms with E-state index in [1.165, 1.54) is 12.8 Å². The molecule has 0 bridgehead atoms. The van der Waals surface area contributed by atoms with Gasteiger partial charge in [0, 0.05) is 5.92 Å². The third-order valence-corrected chi connectivity index (χ3v) is 4.44. The Morgan fingerprint density at radius 3 is 2.71 bits per heavy atom. The largest absolute Gasteiger partial charge is 0.505 e. The van der Waals surface area contributed by atoms with Gasteiger partial charge in [-0.15, -0.1) is 0 Å². The molecule has 1 aliphatic rings. The van der Waals surface area contributed by atoms with E-state index in [2.05, 4.69) is 24.0 Å². The Kier molecular flexibility index (Phi) is 3.35. The van der Waals surface area contributed by atoms with Crippen molar-refractivity contribution in [3.63, 3.8) is 0 Å². The first-order valence-corrected chi connectivity index (χ1v) is 7.38. The van der Waals surface area contributed by atoms with Gasteiger partial charge in [-0.3, -0.25) is 0 Å². The summed E-state index contributed by atoms with van der Waals surface area (Å²) in [6.45, 7) is 4.60. The van der Waals surface area contributed by atoms with Crippen molar-refractivity contribution < 1.29 is 9.63 Å². The molecule has 1 fully saturated rings. The first kappa shape index (κ1) is 13.9. The minimum absolute atomic E-state index is 0.00234. The summed E-state index contributed by atoms with van der Waals surface area (Å²) < 4.78 is 5.32. The molecule has 0 radical (unpaired) electrons. The number of anilines is 1. The third-order valence-electron chi connectivity index (χ3n) is 4.44. The SMILES string of the molecule is CC1(C)CCC(c2noc(-c3cccc(N)c3O)n2)CC1. The lowest BCUT2D eigenvalue weighted by Gasteiger charge is -2.32. The first-order chi connectivity index (χ1) is 9.96. The number of aromatic hydroxyl groups is 1. The van der Waals surface area contributed by atoms with Crippen LogP contribution in [0.1, 0.15) is 51.3 Å². The van der Waals surface area contributed by atoms with Crippen LogP contribution in [0.25, 0.3) is 11.5 Å². The number of para-hydroxylation sites is 1. The minimum atomic E-state index is -0.00234. The zero-order chi connectivity index (χ0) is 15.0. The van der Waals surface area contributed by atoms with E-state index >= 15 is 0 Å². The normalized spacial score (nSPS) is 18.8. The summed E-state index contributed by atoms with van der Waals surface area (Å²) in [5, 5.41) is 14.1. The second-order valence-corrected chi connectivity index (χ2v) is 6.64. The number of phenols is 1. The second-order valence-electron chi connectivity index (χ2n) is 6.64. The molecule has 5 nitrogen and oxygen atoms in total. The molecule has 1 saturated carbocycles. The van der Waals surface area contributed by atoms with Gasteiger partial charge in [-0.1, -0.05) is 25.1 Å².